The third kappa shape index (κ3) is 2.56. The highest BCUT2D eigenvalue weighted by molar-refractivity contribution is 5.80. The van der Waals surface area contributed by atoms with E-state index < -0.39 is 23.0 Å². The van der Waals surface area contributed by atoms with E-state index in [-0.39, 0.29) is 30.4 Å². The number of nitro groups is 1. The summed E-state index contributed by atoms with van der Waals surface area (Å²) in [7, 11) is 1.54. The molecular weight excluding hydrogens is 280 g/mol. The second-order valence-electron chi connectivity index (χ2n) is 5.49. The summed E-state index contributed by atoms with van der Waals surface area (Å²) in [4.78, 5) is 23.5. The highest BCUT2D eigenvalue weighted by Crippen LogP contribution is 2.38. The molecule has 2 unspecified atom stereocenters. The minimum Gasteiger partial charge on any atom is -0.480 e. The third-order valence-corrected chi connectivity index (χ3v) is 3.58. The standard InChI is InChI=1S/C12H18N4O5/c1-6(2)9-10(16(20)21)11(14(3)13-9)15-5-7(17)4-8(15)12(18)19/h6-8,17H,4-5H2,1-3H3,(H,18,19). The van der Waals surface area contributed by atoms with Crippen molar-refractivity contribution in [2.45, 2.75) is 38.3 Å². The first-order valence-corrected chi connectivity index (χ1v) is 6.62. The molecular formula is C12H18N4O5. The van der Waals surface area contributed by atoms with Crippen LogP contribution in [0.1, 0.15) is 31.9 Å². The summed E-state index contributed by atoms with van der Waals surface area (Å²) >= 11 is 0. The van der Waals surface area contributed by atoms with Gasteiger partial charge in [0.15, 0.2) is 0 Å². The van der Waals surface area contributed by atoms with Crippen molar-refractivity contribution in [3.63, 3.8) is 0 Å². The van der Waals surface area contributed by atoms with Crippen LogP contribution in [0.25, 0.3) is 0 Å². The summed E-state index contributed by atoms with van der Waals surface area (Å²) in [6.45, 7) is 3.61. The largest absolute Gasteiger partial charge is 0.480 e. The molecule has 0 radical (unpaired) electrons. The number of hydrogen-bond donors (Lipinski definition) is 2. The van der Waals surface area contributed by atoms with Crippen molar-refractivity contribution in [1.82, 2.24) is 9.78 Å². The van der Waals surface area contributed by atoms with Gasteiger partial charge in [-0.1, -0.05) is 13.8 Å². The molecule has 0 spiro atoms. The van der Waals surface area contributed by atoms with Crippen molar-refractivity contribution in [2.75, 3.05) is 11.4 Å². The van der Waals surface area contributed by atoms with Crippen LogP contribution in [0.15, 0.2) is 0 Å². The topological polar surface area (TPSA) is 122 Å². The Bertz CT molecular complexity index is 582. The third-order valence-electron chi connectivity index (χ3n) is 3.58. The van der Waals surface area contributed by atoms with E-state index in [0.29, 0.717) is 5.69 Å². The van der Waals surface area contributed by atoms with Crippen molar-refractivity contribution >= 4 is 17.5 Å². The lowest BCUT2D eigenvalue weighted by Gasteiger charge is -2.22. The minimum absolute atomic E-state index is 0.0364. The predicted octanol–water partition coefficient (Wildman–Crippen LogP) is 0.476. The number of aliphatic hydroxyl groups is 1. The first-order chi connectivity index (χ1) is 9.73. The number of rotatable bonds is 4. The van der Waals surface area contributed by atoms with Crippen LogP contribution >= 0.6 is 0 Å². The molecule has 9 nitrogen and oxygen atoms in total. The van der Waals surface area contributed by atoms with E-state index in [2.05, 4.69) is 5.10 Å². The van der Waals surface area contributed by atoms with Crippen molar-refractivity contribution in [2.24, 2.45) is 7.05 Å². The van der Waals surface area contributed by atoms with Gasteiger partial charge >= 0.3 is 11.7 Å². The summed E-state index contributed by atoms with van der Waals surface area (Å²) in [6.07, 6.45) is -0.794. The van der Waals surface area contributed by atoms with Gasteiger partial charge in [0, 0.05) is 25.9 Å². The van der Waals surface area contributed by atoms with Gasteiger partial charge in [0.2, 0.25) is 5.82 Å². The minimum atomic E-state index is -1.12. The van der Waals surface area contributed by atoms with Gasteiger partial charge < -0.3 is 15.1 Å². The Morgan fingerprint density at radius 2 is 2.14 bits per heavy atom. The molecule has 1 saturated heterocycles. The molecule has 0 bridgehead atoms. The van der Waals surface area contributed by atoms with Crippen LogP contribution < -0.4 is 4.90 Å². The van der Waals surface area contributed by atoms with Crippen LogP contribution in [-0.2, 0) is 11.8 Å². The van der Waals surface area contributed by atoms with Crippen molar-refractivity contribution in [1.29, 1.82) is 0 Å². The fourth-order valence-corrected chi connectivity index (χ4v) is 2.69. The molecule has 1 aromatic rings. The van der Waals surface area contributed by atoms with E-state index in [9.17, 15) is 25.1 Å². The summed E-state index contributed by atoms with van der Waals surface area (Å²) < 4.78 is 1.32. The Kier molecular flexibility index (Phi) is 3.86. The molecule has 0 aromatic carbocycles. The van der Waals surface area contributed by atoms with E-state index in [0.717, 1.165) is 0 Å². The highest BCUT2D eigenvalue weighted by Gasteiger charge is 2.42. The van der Waals surface area contributed by atoms with E-state index in [1.165, 1.54) is 16.6 Å². The zero-order chi connectivity index (χ0) is 15.9. The zero-order valence-corrected chi connectivity index (χ0v) is 12.1. The molecule has 9 heteroatoms. The average molecular weight is 298 g/mol. The highest BCUT2D eigenvalue weighted by atomic mass is 16.6. The van der Waals surface area contributed by atoms with Crippen molar-refractivity contribution < 1.29 is 19.9 Å². The molecule has 2 heterocycles. The van der Waals surface area contributed by atoms with Gasteiger partial charge in [-0.3, -0.25) is 10.1 Å². The Balaban J connectivity index is 2.57. The number of aromatic nitrogens is 2. The number of carboxylic acids is 1. The van der Waals surface area contributed by atoms with Crippen LogP contribution in [0.5, 0.6) is 0 Å². The SMILES string of the molecule is CC(C)c1nn(C)c(N2CC(O)CC2C(=O)O)c1[N+](=O)[O-]. The van der Waals surface area contributed by atoms with Crippen LogP contribution in [0, 0.1) is 10.1 Å². The summed E-state index contributed by atoms with van der Waals surface area (Å²) in [5.74, 6) is -1.15. The summed E-state index contributed by atoms with van der Waals surface area (Å²) in [6, 6.07) is -0.992. The zero-order valence-electron chi connectivity index (χ0n) is 12.1. The molecule has 2 rings (SSSR count). The van der Waals surface area contributed by atoms with Gasteiger partial charge in [0.05, 0.1) is 11.0 Å². The number of anilines is 1. The van der Waals surface area contributed by atoms with Gasteiger partial charge in [-0.15, -0.1) is 0 Å². The maximum absolute atomic E-state index is 11.4. The second-order valence-corrected chi connectivity index (χ2v) is 5.49. The quantitative estimate of drug-likeness (QED) is 0.612. The molecule has 0 aliphatic carbocycles. The Morgan fingerprint density at radius 3 is 2.62 bits per heavy atom. The number of carbonyl (C=O) groups is 1. The van der Waals surface area contributed by atoms with Gasteiger partial charge in [-0.25, -0.2) is 9.48 Å². The number of aliphatic carboxylic acids is 1. The number of aliphatic hydroxyl groups excluding tert-OH is 1. The van der Waals surface area contributed by atoms with Crippen LogP contribution in [0.3, 0.4) is 0 Å². The van der Waals surface area contributed by atoms with E-state index >= 15 is 0 Å². The van der Waals surface area contributed by atoms with Crippen LogP contribution in [-0.4, -0.2) is 49.6 Å². The molecule has 1 aliphatic heterocycles. The molecule has 1 aliphatic rings. The number of nitrogens with zero attached hydrogens (tertiary/aromatic N) is 4. The van der Waals surface area contributed by atoms with E-state index in [1.807, 2.05) is 0 Å². The Labute approximate surface area is 120 Å². The fraction of sp³-hybridized carbons (Fsp3) is 0.667. The van der Waals surface area contributed by atoms with E-state index in [1.54, 1.807) is 13.8 Å². The van der Waals surface area contributed by atoms with Gasteiger partial charge in [-0.05, 0) is 0 Å². The Hall–Kier alpha value is -2.16. The summed E-state index contributed by atoms with van der Waals surface area (Å²) in [5, 5.41) is 34.5. The summed E-state index contributed by atoms with van der Waals surface area (Å²) in [5.41, 5.74) is 0.121. The normalized spacial score (nSPS) is 22.0. The van der Waals surface area contributed by atoms with Crippen molar-refractivity contribution in [3.8, 4) is 0 Å². The Morgan fingerprint density at radius 1 is 1.52 bits per heavy atom. The molecule has 0 amide bonds. The first kappa shape index (κ1) is 15.2. The van der Waals surface area contributed by atoms with Gasteiger partial charge in [0.1, 0.15) is 11.7 Å². The molecule has 21 heavy (non-hydrogen) atoms. The van der Waals surface area contributed by atoms with Gasteiger partial charge in [0.25, 0.3) is 0 Å². The fourth-order valence-electron chi connectivity index (χ4n) is 2.69. The van der Waals surface area contributed by atoms with Crippen molar-refractivity contribution in [3.05, 3.63) is 15.8 Å². The van der Waals surface area contributed by atoms with Gasteiger partial charge in [-0.2, -0.15) is 5.10 Å². The monoisotopic (exact) mass is 298 g/mol. The van der Waals surface area contributed by atoms with Crippen LogP contribution in [0.4, 0.5) is 11.5 Å². The molecule has 116 valence electrons. The first-order valence-electron chi connectivity index (χ1n) is 6.62. The lowest BCUT2D eigenvalue weighted by molar-refractivity contribution is -0.385. The maximum atomic E-state index is 11.4. The number of hydrogen-bond acceptors (Lipinski definition) is 6. The molecule has 2 N–H and O–H groups in total. The molecule has 1 fully saturated rings. The van der Waals surface area contributed by atoms with Crippen LogP contribution in [0.2, 0.25) is 0 Å². The number of aryl methyl sites for hydroxylation is 1. The number of carboxylic acid groups (broad SMARTS) is 1. The second kappa shape index (κ2) is 5.32. The number of β-amino-alcohol motifs (C(OH)–C–C–N with tert-alkyl or cyclic N) is 1. The van der Waals surface area contributed by atoms with E-state index in [4.69, 9.17) is 0 Å². The smallest absolute Gasteiger partial charge is 0.334 e. The molecule has 0 saturated carbocycles. The average Bonchev–Trinajstić information content (AvgIpc) is 2.89. The molecule has 2 atom stereocenters. The molecule has 1 aromatic heterocycles. The maximum Gasteiger partial charge on any atom is 0.334 e. The lowest BCUT2D eigenvalue weighted by Crippen LogP contribution is -2.37. The predicted molar refractivity (Wildman–Crippen MR) is 73.3 cm³/mol. The lowest BCUT2D eigenvalue weighted by atomic mass is 10.1.